The molecule has 2 saturated heterocycles. The van der Waals surface area contributed by atoms with Gasteiger partial charge in [-0.05, 0) is 123 Å². The molecule has 0 aromatic heterocycles. The van der Waals surface area contributed by atoms with Crippen molar-refractivity contribution >= 4 is 48.0 Å². The number of likely N-dealkylation sites (tertiary alicyclic amines) is 1. The largest absolute Gasteiger partial charge is 0.497 e. The summed E-state index contributed by atoms with van der Waals surface area (Å²) in [5, 5.41) is 24.2. The van der Waals surface area contributed by atoms with Crippen LogP contribution in [0.1, 0.15) is 62.6 Å². The van der Waals surface area contributed by atoms with E-state index in [9.17, 15) is 19.8 Å². The normalized spacial score (nSPS) is 23.9. The van der Waals surface area contributed by atoms with Gasteiger partial charge in [0.1, 0.15) is 17.2 Å². The van der Waals surface area contributed by atoms with Crippen LogP contribution in [0.4, 0.5) is 17.1 Å². The quantitative estimate of drug-likeness (QED) is 0.0828. The molecule has 4 aliphatic rings. The highest BCUT2D eigenvalue weighted by Gasteiger charge is 2.66. The van der Waals surface area contributed by atoms with Crippen molar-refractivity contribution in [3.63, 3.8) is 0 Å². The molecule has 4 aromatic rings. The number of fused-ring (bicyclic) bond motifs is 3. The number of anilines is 3. The van der Waals surface area contributed by atoms with E-state index in [4.69, 9.17) is 18.9 Å². The minimum atomic E-state index is -2.56. The average Bonchev–Trinajstić information content (AvgIpc) is 3.98. The van der Waals surface area contributed by atoms with Gasteiger partial charge in [-0.15, -0.1) is 0 Å². The minimum Gasteiger partial charge on any atom is -0.497 e. The maximum atomic E-state index is 15.7. The number of methoxy groups -OCH3 is 2. The SMILES string of the molecule is CCOc1ccc2c(c1)CC(NCCCCO)C(=O)N2c1cccc(CN2C(=O)[C@@]3(O[C@@H](CC(=O)N4CCC[C@H]4CO)[C@H]([Si](C)(C)c4ccc(OC)cc4)[C@H]3C)c3cc(OC)ccc32)c1. The second-order valence-electron chi connectivity index (χ2n) is 18.4. The number of amides is 3. The van der Waals surface area contributed by atoms with E-state index in [0.29, 0.717) is 55.2 Å². The molecule has 1 unspecified atom stereocenters. The molecule has 65 heavy (non-hydrogen) atoms. The van der Waals surface area contributed by atoms with Crippen molar-refractivity contribution in [2.75, 3.05) is 56.9 Å². The number of aliphatic hydroxyl groups excluding tert-OH is 2. The lowest BCUT2D eigenvalue weighted by Gasteiger charge is -2.37. The maximum Gasteiger partial charge on any atom is 0.264 e. The Labute approximate surface area is 383 Å². The van der Waals surface area contributed by atoms with Gasteiger partial charge >= 0.3 is 0 Å². The molecule has 13 nitrogen and oxygen atoms in total. The lowest BCUT2D eigenvalue weighted by molar-refractivity contribution is -0.150. The van der Waals surface area contributed by atoms with Gasteiger partial charge in [-0.3, -0.25) is 19.3 Å². The fourth-order valence-corrected chi connectivity index (χ4v) is 15.1. The molecule has 0 radical (unpaired) electrons. The third-order valence-corrected chi connectivity index (χ3v) is 18.7. The summed E-state index contributed by atoms with van der Waals surface area (Å²) in [4.78, 5) is 49.7. The predicted octanol–water partition coefficient (Wildman–Crippen LogP) is 6.19. The number of benzene rings is 4. The van der Waals surface area contributed by atoms with E-state index in [1.165, 1.54) is 0 Å². The van der Waals surface area contributed by atoms with Gasteiger partial charge in [0.05, 0.1) is 78.0 Å². The molecule has 1 spiro atoms. The molecule has 14 heteroatoms. The number of nitrogens with one attached hydrogen (secondary N) is 1. The minimum absolute atomic E-state index is 0.0733. The molecule has 0 saturated carbocycles. The van der Waals surface area contributed by atoms with E-state index in [1.54, 1.807) is 28.9 Å². The molecular weight excluding hydrogens is 841 g/mol. The van der Waals surface area contributed by atoms with E-state index >= 15 is 4.79 Å². The van der Waals surface area contributed by atoms with Crippen molar-refractivity contribution in [1.29, 1.82) is 0 Å². The highest BCUT2D eigenvalue weighted by atomic mass is 28.3. The van der Waals surface area contributed by atoms with Crippen LogP contribution in [0.2, 0.25) is 18.6 Å². The van der Waals surface area contributed by atoms with Gasteiger partial charge in [0.2, 0.25) is 11.8 Å². The van der Waals surface area contributed by atoms with Gasteiger partial charge in [0, 0.05) is 30.3 Å². The number of carbonyl (C=O) groups is 3. The first kappa shape index (κ1) is 46.3. The Hall–Kier alpha value is -5.25. The van der Waals surface area contributed by atoms with Crippen LogP contribution < -0.4 is 34.5 Å². The van der Waals surface area contributed by atoms with E-state index < -0.39 is 25.8 Å². The summed E-state index contributed by atoms with van der Waals surface area (Å²) in [6.07, 6.45) is 2.96. The van der Waals surface area contributed by atoms with Crippen molar-refractivity contribution in [2.45, 2.75) is 101 Å². The number of carbonyl (C=O) groups excluding carboxylic acids is 3. The van der Waals surface area contributed by atoms with Gasteiger partial charge < -0.3 is 44.3 Å². The van der Waals surface area contributed by atoms with Gasteiger partial charge in [-0.2, -0.15) is 0 Å². The highest BCUT2D eigenvalue weighted by molar-refractivity contribution is 6.91. The average molecular weight is 905 g/mol. The zero-order valence-corrected chi connectivity index (χ0v) is 39.5. The molecule has 4 heterocycles. The fourth-order valence-electron chi connectivity index (χ4n) is 11.1. The smallest absolute Gasteiger partial charge is 0.264 e. The number of unbranched alkanes of at least 4 members (excludes halogenated alkanes) is 1. The van der Waals surface area contributed by atoms with Crippen molar-refractivity contribution < 1.29 is 43.5 Å². The van der Waals surface area contributed by atoms with E-state index in [0.717, 1.165) is 52.8 Å². The highest BCUT2D eigenvalue weighted by Crippen LogP contribution is 2.60. The number of aliphatic hydroxyl groups is 2. The lowest BCUT2D eigenvalue weighted by Crippen LogP contribution is -2.52. The topological polar surface area (TPSA) is 150 Å². The van der Waals surface area contributed by atoms with Crippen LogP contribution >= 0.6 is 0 Å². The van der Waals surface area contributed by atoms with Gasteiger partial charge in [-0.25, -0.2) is 0 Å². The molecule has 2 fully saturated rings. The second-order valence-corrected chi connectivity index (χ2v) is 23.1. The Kier molecular flexibility index (Phi) is 13.7. The Morgan fingerprint density at radius 2 is 1.66 bits per heavy atom. The summed E-state index contributed by atoms with van der Waals surface area (Å²) in [5.74, 6) is 1.37. The Morgan fingerprint density at radius 3 is 2.38 bits per heavy atom. The fraction of sp³-hybridized carbons (Fsp3) is 0.471. The monoisotopic (exact) mass is 904 g/mol. The van der Waals surface area contributed by atoms with Gasteiger partial charge in [0.15, 0.2) is 5.60 Å². The standard InChI is InChI=1S/C51H64N4O9Si/c1-7-63-40-18-21-44-35(27-40)28-43(52-23-8-9-25-56)49(59)55(44)36-13-10-12-34(26-36)31-54-45-22-17-39(62-4)29-42(45)51(50(54)60)33(2)48(65(5,6)41-19-15-38(61-3)16-20-41)46(64-51)30-47(58)53-24-11-14-37(53)32-57/h10,12-13,15-22,26-27,29,33,37,43,46,48,52,56-57H,7-9,11,14,23-25,28,30-32H2,1-6H3/t33-,37+,43?,46+,48-,51+/m1/s1. The Balaban J connectivity index is 1.16. The third-order valence-electron chi connectivity index (χ3n) is 14.4. The molecule has 3 amide bonds. The molecular formula is C51H64N4O9Si. The number of nitrogens with zero attached hydrogens (tertiary/aromatic N) is 3. The molecule has 0 bridgehead atoms. The number of ether oxygens (including phenoxy) is 4. The van der Waals surface area contributed by atoms with Gasteiger partial charge in [0.25, 0.3) is 5.91 Å². The summed E-state index contributed by atoms with van der Waals surface area (Å²) in [6.45, 7) is 10.5. The van der Waals surface area contributed by atoms with Crippen molar-refractivity contribution in [2.24, 2.45) is 5.92 Å². The molecule has 346 valence electrons. The number of hydrogen-bond donors (Lipinski definition) is 3. The van der Waals surface area contributed by atoms with E-state index in [-0.39, 0.29) is 61.4 Å². The van der Waals surface area contributed by atoms with Crippen LogP contribution in [0.3, 0.4) is 0 Å². The summed E-state index contributed by atoms with van der Waals surface area (Å²) in [6, 6.07) is 26.8. The van der Waals surface area contributed by atoms with Crippen LogP contribution in [0.15, 0.2) is 84.9 Å². The maximum absolute atomic E-state index is 15.7. The number of hydrogen-bond acceptors (Lipinski definition) is 10. The van der Waals surface area contributed by atoms with Crippen LogP contribution in [0, 0.1) is 5.92 Å². The van der Waals surface area contributed by atoms with Gasteiger partial charge in [-0.1, -0.05) is 49.5 Å². The summed E-state index contributed by atoms with van der Waals surface area (Å²) in [7, 11) is 0.701. The first-order valence-corrected chi connectivity index (χ1v) is 26.2. The first-order chi connectivity index (χ1) is 31.4. The van der Waals surface area contributed by atoms with Crippen molar-refractivity contribution in [3.8, 4) is 17.2 Å². The lowest BCUT2D eigenvalue weighted by atomic mass is 9.82. The Morgan fingerprint density at radius 1 is 0.923 bits per heavy atom. The van der Waals surface area contributed by atoms with Crippen LogP contribution in [0.25, 0.3) is 0 Å². The molecule has 6 atom stereocenters. The van der Waals surface area contributed by atoms with Crippen LogP contribution in [0.5, 0.6) is 17.2 Å². The second kappa shape index (κ2) is 19.3. The molecule has 0 aliphatic carbocycles. The summed E-state index contributed by atoms with van der Waals surface area (Å²) >= 11 is 0. The Bertz CT molecular complexity index is 2380. The first-order valence-electron chi connectivity index (χ1n) is 23.2. The molecule has 4 aromatic carbocycles. The summed E-state index contributed by atoms with van der Waals surface area (Å²) in [5.41, 5.74) is 3.07. The van der Waals surface area contributed by atoms with Crippen molar-refractivity contribution in [3.05, 3.63) is 102 Å². The third kappa shape index (κ3) is 8.55. The molecule has 3 N–H and O–H groups in total. The summed E-state index contributed by atoms with van der Waals surface area (Å²) < 4.78 is 24.5. The molecule has 4 aliphatic heterocycles. The predicted molar refractivity (Wildman–Crippen MR) is 253 cm³/mol. The number of rotatable bonds is 17. The van der Waals surface area contributed by atoms with E-state index in [2.05, 4.69) is 37.5 Å². The van der Waals surface area contributed by atoms with E-state index in [1.807, 2.05) is 79.7 Å². The van der Waals surface area contributed by atoms with Crippen molar-refractivity contribution in [1.82, 2.24) is 10.2 Å². The zero-order chi connectivity index (χ0) is 46.0. The molecule has 8 rings (SSSR count). The zero-order valence-electron chi connectivity index (χ0n) is 38.5. The van der Waals surface area contributed by atoms with Crippen LogP contribution in [-0.2, 0) is 37.7 Å². The van der Waals surface area contributed by atoms with Crippen LogP contribution in [-0.4, -0.2) is 106 Å².